The van der Waals surface area contributed by atoms with Crippen molar-refractivity contribution in [3.63, 3.8) is 0 Å². The summed E-state index contributed by atoms with van der Waals surface area (Å²) in [5.41, 5.74) is 2.92. The maximum absolute atomic E-state index is 5.28. The van der Waals surface area contributed by atoms with Crippen LogP contribution in [-0.2, 0) is 0 Å². The molecule has 0 unspecified atom stereocenters. The SMILES string of the molecule is CN(N)NN1CCC1. The van der Waals surface area contributed by atoms with Gasteiger partial charge in [-0.05, 0) is 6.42 Å². The molecule has 48 valence electrons. The van der Waals surface area contributed by atoms with Crippen LogP contribution in [0.15, 0.2) is 0 Å². The van der Waals surface area contributed by atoms with E-state index in [0.717, 1.165) is 13.1 Å². The highest BCUT2D eigenvalue weighted by Gasteiger charge is 2.12. The van der Waals surface area contributed by atoms with Gasteiger partial charge in [0.25, 0.3) is 0 Å². The summed E-state index contributed by atoms with van der Waals surface area (Å²) in [6, 6.07) is 0. The Bertz CT molecular complexity index is 68.4. The van der Waals surface area contributed by atoms with Crippen molar-refractivity contribution in [2.24, 2.45) is 5.84 Å². The lowest BCUT2D eigenvalue weighted by Crippen LogP contribution is -2.56. The number of nitrogens with two attached hydrogens (primary N) is 1. The third-order valence-electron chi connectivity index (χ3n) is 1.16. The second kappa shape index (κ2) is 2.41. The van der Waals surface area contributed by atoms with Gasteiger partial charge in [0.1, 0.15) is 0 Å². The second-order valence-electron chi connectivity index (χ2n) is 2.05. The molecule has 0 aromatic heterocycles. The van der Waals surface area contributed by atoms with Crippen molar-refractivity contribution in [1.82, 2.24) is 15.7 Å². The molecule has 0 saturated carbocycles. The first-order valence-corrected chi connectivity index (χ1v) is 2.79. The maximum atomic E-state index is 5.28. The standard InChI is InChI=1S/C4H12N4/c1-7(5)6-8-3-2-4-8/h6H,2-5H2,1H3. The number of hydrogen-bond acceptors (Lipinski definition) is 4. The molecule has 0 radical (unpaired) electrons. The van der Waals surface area contributed by atoms with E-state index in [1.807, 2.05) is 0 Å². The molecule has 1 heterocycles. The van der Waals surface area contributed by atoms with E-state index in [9.17, 15) is 0 Å². The summed E-state index contributed by atoms with van der Waals surface area (Å²) in [6.07, 6.45) is 1.28. The minimum atomic E-state index is 1.11. The first-order chi connectivity index (χ1) is 3.79. The van der Waals surface area contributed by atoms with Crippen LogP contribution < -0.4 is 11.4 Å². The Labute approximate surface area is 49.1 Å². The average molecular weight is 116 g/mol. The van der Waals surface area contributed by atoms with Crippen molar-refractivity contribution in [3.8, 4) is 0 Å². The van der Waals surface area contributed by atoms with E-state index in [0.29, 0.717) is 0 Å². The third kappa shape index (κ3) is 1.41. The van der Waals surface area contributed by atoms with Gasteiger partial charge >= 0.3 is 0 Å². The zero-order chi connectivity index (χ0) is 5.98. The zero-order valence-corrected chi connectivity index (χ0v) is 5.09. The molecule has 1 rings (SSSR count). The molecule has 0 amide bonds. The highest BCUT2D eigenvalue weighted by molar-refractivity contribution is 4.61. The van der Waals surface area contributed by atoms with E-state index >= 15 is 0 Å². The molecule has 1 aliphatic heterocycles. The van der Waals surface area contributed by atoms with Gasteiger partial charge in [0.15, 0.2) is 0 Å². The first kappa shape index (κ1) is 5.97. The van der Waals surface area contributed by atoms with Gasteiger partial charge in [-0.25, -0.2) is 5.01 Å². The molecule has 8 heavy (non-hydrogen) atoms. The van der Waals surface area contributed by atoms with Crippen LogP contribution in [0.2, 0.25) is 0 Å². The minimum absolute atomic E-state index is 1.11. The molecular weight excluding hydrogens is 104 g/mol. The highest BCUT2D eigenvalue weighted by atomic mass is 15.8. The van der Waals surface area contributed by atoms with E-state index in [1.165, 1.54) is 11.5 Å². The summed E-state index contributed by atoms with van der Waals surface area (Å²) in [7, 11) is 1.78. The number of hydrogen-bond donors (Lipinski definition) is 2. The molecule has 0 spiro atoms. The van der Waals surface area contributed by atoms with E-state index in [1.54, 1.807) is 7.05 Å². The minimum Gasteiger partial charge on any atom is -0.254 e. The molecule has 1 fully saturated rings. The van der Waals surface area contributed by atoms with E-state index in [4.69, 9.17) is 5.84 Å². The molecule has 1 aliphatic rings. The van der Waals surface area contributed by atoms with Gasteiger partial charge in [-0.15, -0.1) is 0 Å². The van der Waals surface area contributed by atoms with Crippen molar-refractivity contribution < 1.29 is 0 Å². The molecule has 4 nitrogen and oxygen atoms in total. The Balaban J connectivity index is 2.01. The van der Waals surface area contributed by atoms with Crippen LogP contribution >= 0.6 is 0 Å². The van der Waals surface area contributed by atoms with Crippen LogP contribution in [0.25, 0.3) is 0 Å². The lowest BCUT2D eigenvalue weighted by atomic mass is 10.3. The quantitative estimate of drug-likeness (QED) is 0.356. The lowest BCUT2D eigenvalue weighted by molar-refractivity contribution is -0.00321. The van der Waals surface area contributed by atoms with Crippen molar-refractivity contribution in [2.45, 2.75) is 6.42 Å². The fraction of sp³-hybridized carbons (Fsp3) is 1.00. The molecule has 3 N–H and O–H groups in total. The number of nitrogens with one attached hydrogen (secondary N) is 1. The van der Waals surface area contributed by atoms with Gasteiger partial charge in [-0.2, -0.15) is 10.7 Å². The molecule has 0 atom stereocenters. The molecular formula is C4H12N4. The summed E-state index contributed by atoms with van der Waals surface area (Å²) in [6.45, 7) is 2.23. The molecule has 4 heteroatoms. The summed E-state index contributed by atoms with van der Waals surface area (Å²) >= 11 is 0. The monoisotopic (exact) mass is 116 g/mol. The van der Waals surface area contributed by atoms with E-state index in [-0.39, 0.29) is 0 Å². The molecule has 0 bridgehead atoms. The number of rotatable bonds is 2. The summed E-state index contributed by atoms with van der Waals surface area (Å²) in [4.78, 5) is 0. The Hall–Kier alpha value is -0.160. The van der Waals surface area contributed by atoms with Crippen LogP contribution in [-0.4, -0.2) is 30.3 Å². The smallest absolute Gasteiger partial charge is 0.0185 e. The molecule has 1 saturated heterocycles. The van der Waals surface area contributed by atoms with Crippen LogP contribution in [0.4, 0.5) is 0 Å². The van der Waals surface area contributed by atoms with E-state index < -0.39 is 0 Å². The van der Waals surface area contributed by atoms with E-state index in [2.05, 4.69) is 10.5 Å². The van der Waals surface area contributed by atoms with Crippen molar-refractivity contribution in [1.29, 1.82) is 0 Å². The predicted molar refractivity (Wildman–Crippen MR) is 31.3 cm³/mol. The van der Waals surface area contributed by atoms with Crippen LogP contribution in [0.1, 0.15) is 6.42 Å². The Morgan fingerprint density at radius 3 is 2.38 bits per heavy atom. The van der Waals surface area contributed by atoms with Crippen LogP contribution in [0.5, 0.6) is 0 Å². The summed E-state index contributed by atoms with van der Waals surface area (Å²) in [5.74, 6) is 5.28. The zero-order valence-electron chi connectivity index (χ0n) is 5.09. The molecule has 0 aromatic rings. The topological polar surface area (TPSA) is 44.5 Å². The van der Waals surface area contributed by atoms with Gasteiger partial charge in [0.05, 0.1) is 0 Å². The fourth-order valence-corrected chi connectivity index (χ4v) is 0.639. The Morgan fingerprint density at radius 2 is 2.25 bits per heavy atom. The Morgan fingerprint density at radius 1 is 1.62 bits per heavy atom. The van der Waals surface area contributed by atoms with Crippen molar-refractivity contribution >= 4 is 0 Å². The number of hydrazine groups is 3. The van der Waals surface area contributed by atoms with Crippen molar-refractivity contribution in [2.75, 3.05) is 20.1 Å². The van der Waals surface area contributed by atoms with Gasteiger partial charge in [-0.1, -0.05) is 0 Å². The lowest BCUT2D eigenvalue weighted by Gasteiger charge is -2.33. The van der Waals surface area contributed by atoms with Gasteiger partial charge in [0.2, 0.25) is 0 Å². The summed E-state index contributed by atoms with van der Waals surface area (Å²) < 4.78 is 0. The van der Waals surface area contributed by atoms with Crippen LogP contribution in [0, 0.1) is 0 Å². The number of nitrogens with zero attached hydrogens (tertiary/aromatic N) is 2. The normalized spacial score (nSPS) is 21.4. The van der Waals surface area contributed by atoms with Gasteiger partial charge in [0, 0.05) is 20.1 Å². The average Bonchev–Trinajstić information content (AvgIpc) is 1.55. The highest BCUT2D eigenvalue weighted by Crippen LogP contribution is 1.99. The van der Waals surface area contributed by atoms with Gasteiger partial charge in [-0.3, -0.25) is 5.84 Å². The van der Waals surface area contributed by atoms with Gasteiger partial charge < -0.3 is 0 Å². The third-order valence-corrected chi connectivity index (χ3v) is 1.16. The molecule has 0 aromatic carbocycles. The maximum Gasteiger partial charge on any atom is 0.0185 e. The second-order valence-corrected chi connectivity index (χ2v) is 2.05. The first-order valence-electron chi connectivity index (χ1n) is 2.79. The van der Waals surface area contributed by atoms with Crippen LogP contribution in [0.3, 0.4) is 0 Å². The Kier molecular flexibility index (Phi) is 1.80. The predicted octanol–water partition coefficient (Wildman–Crippen LogP) is -1.08. The van der Waals surface area contributed by atoms with Crippen molar-refractivity contribution in [3.05, 3.63) is 0 Å². The molecule has 0 aliphatic carbocycles. The summed E-state index contributed by atoms with van der Waals surface area (Å²) in [5, 5.41) is 3.51. The fourth-order valence-electron chi connectivity index (χ4n) is 0.639. The largest absolute Gasteiger partial charge is 0.254 e.